The van der Waals surface area contributed by atoms with Crippen LogP contribution in [-0.4, -0.2) is 49.1 Å². The Hall–Kier alpha value is -1.84. The lowest BCUT2D eigenvalue weighted by molar-refractivity contribution is 0.0755. The average Bonchev–Trinajstić information content (AvgIpc) is 2.75. The van der Waals surface area contributed by atoms with E-state index in [0.717, 1.165) is 23.9 Å². The van der Waals surface area contributed by atoms with Crippen LogP contribution in [0.3, 0.4) is 0 Å². The van der Waals surface area contributed by atoms with E-state index in [1.165, 1.54) is 69.4 Å². The van der Waals surface area contributed by atoms with Gasteiger partial charge in [-0.05, 0) is 30.0 Å². The fourth-order valence-electron chi connectivity index (χ4n) is 4.66. The van der Waals surface area contributed by atoms with E-state index >= 15 is 0 Å². The highest BCUT2D eigenvalue weighted by molar-refractivity contribution is 5.70. The summed E-state index contributed by atoms with van der Waals surface area (Å²) in [5.74, 6) is 0.934. The van der Waals surface area contributed by atoms with E-state index in [0.29, 0.717) is 0 Å². The van der Waals surface area contributed by atoms with Gasteiger partial charge in [-0.15, -0.1) is 0 Å². The van der Waals surface area contributed by atoms with E-state index in [4.69, 9.17) is 4.74 Å². The van der Waals surface area contributed by atoms with E-state index in [1.54, 1.807) is 7.11 Å². The maximum absolute atomic E-state index is 5.50. The molecule has 0 unspecified atom stereocenters. The Morgan fingerprint density at radius 2 is 1.56 bits per heavy atom. The highest BCUT2D eigenvalue weighted by Crippen LogP contribution is 2.30. The van der Waals surface area contributed by atoms with Crippen molar-refractivity contribution in [2.24, 2.45) is 0 Å². The van der Waals surface area contributed by atoms with Gasteiger partial charge in [0.2, 0.25) is 0 Å². The van der Waals surface area contributed by atoms with Crippen LogP contribution in [0.15, 0.2) is 48.5 Å². The second kappa shape index (κ2) is 8.90. The summed E-state index contributed by atoms with van der Waals surface area (Å²) in [6, 6.07) is 18.1. The number of rotatable bonds is 5. The van der Waals surface area contributed by atoms with E-state index in [1.807, 2.05) is 12.1 Å². The van der Waals surface area contributed by atoms with Crippen molar-refractivity contribution in [1.29, 1.82) is 0 Å². The predicted octanol–water partition coefficient (Wildman–Crippen LogP) is 4.81. The highest BCUT2D eigenvalue weighted by atomic mass is 16.5. The number of piperazine rings is 1. The Morgan fingerprint density at radius 3 is 2.26 bits per heavy atom. The van der Waals surface area contributed by atoms with Gasteiger partial charge in [0, 0.05) is 44.3 Å². The largest absolute Gasteiger partial charge is 0.496 e. The molecule has 2 aromatic rings. The quantitative estimate of drug-likeness (QED) is 0.757. The summed E-state index contributed by atoms with van der Waals surface area (Å²) in [6.07, 6.45) is 7.16. The Kier molecular flexibility index (Phi) is 6.10. The van der Waals surface area contributed by atoms with Crippen LogP contribution >= 0.6 is 0 Å². The fourth-order valence-corrected chi connectivity index (χ4v) is 4.66. The number of methoxy groups -OCH3 is 1. The molecular formula is C24H32N2O. The van der Waals surface area contributed by atoms with Crippen LogP contribution in [0, 0.1) is 0 Å². The summed E-state index contributed by atoms with van der Waals surface area (Å²) < 4.78 is 5.50. The maximum Gasteiger partial charge on any atom is 0.126 e. The van der Waals surface area contributed by atoms with E-state index in [2.05, 4.69) is 46.2 Å². The van der Waals surface area contributed by atoms with Gasteiger partial charge >= 0.3 is 0 Å². The second-order valence-corrected chi connectivity index (χ2v) is 8.00. The first-order valence-corrected chi connectivity index (χ1v) is 10.5. The van der Waals surface area contributed by atoms with Gasteiger partial charge in [-0.1, -0.05) is 61.7 Å². The molecule has 0 bridgehead atoms. The van der Waals surface area contributed by atoms with Crippen molar-refractivity contribution < 1.29 is 4.74 Å². The van der Waals surface area contributed by atoms with E-state index in [9.17, 15) is 0 Å². The predicted molar refractivity (Wildman–Crippen MR) is 112 cm³/mol. The number of nitrogens with zero attached hydrogens (tertiary/aromatic N) is 2. The summed E-state index contributed by atoms with van der Waals surface area (Å²) >= 11 is 0. The molecule has 0 aromatic heterocycles. The smallest absolute Gasteiger partial charge is 0.126 e. The van der Waals surface area contributed by atoms with Crippen LogP contribution in [0.1, 0.15) is 37.7 Å². The molecule has 144 valence electrons. The molecule has 1 aliphatic carbocycles. The van der Waals surface area contributed by atoms with Gasteiger partial charge in [0.15, 0.2) is 0 Å². The molecular weight excluding hydrogens is 332 g/mol. The Labute approximate surface area is 163 Å². The standard InChI is InChI=1S/C24H32N2O/c1-27-24-10-6-5-9-23(24)21-13-11-20(12-14-21)19-25-15-17-26(18-16-25)22-7-3-2-4-8-22/h5-6,9-14,22H,2-4,7-8,15-19H2,1H3. The molecule has 3 nitrogen and oxygen atoms in total. The zero-order chi connectivity index (χ0) is 18.5. The molecule has 0 amide bonds. The second-order valence-electron chi connectivity index (χ2n) is 8.00. The Morgan fingerprint density at radius 1 is 0.852 bits per heavy atom. The normalized spacial score (nSPS) is 19.9. The zero-order valence-electron chi connectivity index (χ0n) is 16.6. The fraction of sp³-hybridized carbons (Fsp3) is 0.500. The van der Waals surface area contributed by atoms with Gasteiger partial charge in [0.1, 0.15) is 5.75 Å². The number of benzene rings is 2. The van der Waals surface area contributed by atoms with Gasteiger partial charge < -0.3 is 4.74 Å². The van der Waals surface area contributed by atoms with Gasteiger partial charge in [-0.25, -0.2) is 0 Å². The molecule has 1 saturated heterocycles. The number of ether oxygens (including phenoxy) is 1. The first-order chi connectivity index (χ1) is 13.3. The molecule has 3 heteroatoms. The lowest BCUT2D eigenvalue weighted by Crippen LogP contribution is -2.50. The molecule has 2 aliphatic rings. The topological polar surface area (TPSA) is 15.7 Å². The van der Waals surface area contributed by atoms with Crippen LogP contribution in [0.25, 0.3) is 11.1 Å². The number of hydrogen-bond acceptors (Lipinski definition) is 3. The molecule has 2 fully saturated rings. The average molecular weight is 365 g/mol. The van der Waals surface area contributed by atoms with Crippen molar-refractivity contribution >= 4 is 0 Å². The minimum atomic E-state index is 0.862. The van der Waals surface area contributed by atoms with Crippen LogP contribution in [0.4, 0.5) is 0 Å². The van der Waals surface area contributed by atoms with E-state index < -0.39 is 0 Å². The van der Waals surface area contributed by atoms with Crippen molar-refractivity contribution in [3.8, 4) is 16.9 Å². The third kappa shape index (κ3) is 4.53. The minimum absolute atomic E-state index is 0.862. The van der Waals surface area contributed by atoms with Gasteiger partial charge in [0.05, 0.1) is 7.11 Å². The summed E-state index contributed by atoms with van der Waals surface area (Å²) in [5, 5.41) is 0. The molecule has 1 heterocycles. The van der Waals surface area contributed by atoms with Crippen LogP contribution in [0.5, 0.6) is 5.75 Å². The van der Waals surface area contributed by atoms with Crippen LogP contribution in [-0.2, 0) is 6.54 Å². The van der Waals surface area contributed by atoms with Gasteiger partial charge in [-0.3, -0.25) is 9.80 Å². The van der Waals surface area contributed by atoms with Crippen molar-refractivity contribution in [2.75, 3.05) is 33.3 Å². The highest BCUT2D eigenvalue weighted by Gasteiger charge is 2.24. The number of hydrogen-bond donors (Lipinski definition) is 0. The lowest BCUT2D eigenvalue weighted by atomic mass is 9.94. The van der Waals surface area contributed by atoms with Crippen LogP contribution in [0.2, 0.25) is 0 Å². The summed E-state index contributed by atoms with van der Waals surface area (Å²) in [7, 11) is 1.74. The lowest BCUT2D eigenvalue weighted by Gasteiger charge is -2.40. The van der Waals surface area contributed by atoms with Gasteiger partial charge in [0.25, 0.3) is 0 Å². The summed E-state index contributed by atoms with van der Waals surface area (Å²) in [6.45, 7) is 5.94. The van der Waals surface area contributed by atoms with Crippen molar-refractivity contribution in [2.45, 2.75) is 44.7 Å². The van der Waals surface area contributed by atoms with Crippen molar-refractivity contribution in [3.05, 3.63) is 54.1 Å². The molecule has 0 spiro atoms. The molecule has 1 saturated carbocycles. The number of para-hydroxylation sites is 1. The van der Waals surface area contributed by atoms with Crippen molar-refractivity contribution in [3.63, 3.8) is 0 Å². The van der Waals surface area contributed by atoms with Crippen molar-refractivity contribution in [1.82, 2.24) is 9.80 Å². The Bertz CT molecular complexity index is 713. The summed E-state index contributed by atoms with van der Waals surface area (Å²) in [5.41, 5.74) is 3.78. The first-order valence-electron chi connectivity index (χ1n) is 10.5. The Balaban J connectivity index is 1.33. The molecule has 0 radical (unpaired) electrons. The van der Waals surface area contributed by atoms with Crippen LogP contribution < -0.4 is 4.74 Å². The van der Waals surface area contributed by atoms with E-state index in [-0.39, 0.29) is 0 Å². The monoisotopic (exact) mass is 364 g/mol. The summed E-state index contributed by atoms with van der Waals surface area (Å²) in [4.78, 5) is 5.36. The molecule has 0 N–H and O–H groups in total. The SMILES string of the molecule is COc1ccccc1-c1ccc(CN2CCN(C3CCCCC3)CC2)cc1. The molecule has 2 aromatic carbocycles. The molecule has 1 aliphatic heterocycles. The third-order valence-corrected chi connectivity index (χ3v) is 6.28. The minimum Gasteiger partial charge on any atom is -0.496 e. The zero-order valence-corrected chi connectivity index (χ0v) is 16.6. The molecule has 27 heavy (non-hydrogen) atoms. The molecule has 4 rings (SSSR count). The van der Waals surface area contributed by atoms with Gasteiger partial charge in [-0.2, -0.15) is 0 Å². The third-order valence-electron chi connectivity index (χ3n) is 6.28. The first kappa shape index (κ1) is 18.5. The molecule has 0 atom stereocenters. The maximum atomic E-state index is 5.50.